The van der Waals surface area contributed by atoms with E-state index in [1.807, 2.05) is 6.92 Å². The average Bonchev–Trinajstić information content (AvgIpc) is 2.78. The van der Waals surface area contributed by atoms with Crippen molar-refractivity contribution in [2.45, 2.75) is 13.5 Å². The van der Waals surface area contributed by atoms with Crippen molar-refractivity contribution in [2.24, 2.45) is 0 Å². The lowest BCUT2D eigenvalue weighted by molar-refractivity contribution is 0.131. The molecule has 0 amide bonds. The van der Waals surface area contributed by atoms with Gasteiger partial charge in [0.25, 0.3) is 0 Å². The highest BCUT2D eigenvalue weighted by molar-refractivity contribution is 6.30. The number of benzene rings is 1. The van der Waals surface area contributed by atoms with Crippen molar-refractivity contribution in [2.75, 3.05) is 6.61 Å². The minimum absolute atomic E-state index is 0.0826. The standard InChI is InChI=1S/C12H12ClNO3/c1-2-16-6-9-7-17-12(14-9)10-5-8(13)3-4-11(10)15/h3-5,7,15H,2,6H2,1H3. The molecule has 0 atom stereocenters. The van der Waals surface area contributed by atoms with E-state index in [9.17, 15) is 5.11 Å². The number of ether oxygens (including phenoxy) is 1. The Bertz CT molecular complexity index is 510. The summed E-state index contributed by atoms with van der Waals surface area (Å²) in [5, 5.41) is 10.2. The Hall–Kier alpha value is -1.52. The summed E-state index contributed by atoms with van der Waals surface area (Å²) in [5.74, 6) is 0.416. The summed E-state index contributed by atoms with van der Waals surface area (Å²) in [7, 11) is 0. The molecule has 1 N–H and O–H groups in total. The lowest BCUT2D eigenvalue weighted by Gasteiger charge is -2.00. The van der Waals surface area contributed by atoms with Crippen LogP contribution in [0.4, 0.5) is 0 Å². The number of oxazole rings is 1. The van der Waals surface area contributed by atoms with Crippen LogP contribution in [0, 0.1) is 0 Å². The molecule has 0 aliphatic carbocycles. The van der Waals surface area contributed by atoms with E-state index in [1.54, 1.807) is 12.1 Å². The van der Waals surface area contributed by atoms with Gasteiger partial charge in [0, 0.05) is 11.6 Å². The number of phenols is 1. The van der Waals surface area contributed by atoms with Gasteiger partial charge in [-0.3, -0.25) is 0 Å². The lowest BCUT2D eigenvalue weighted by atomic mass is 10.2. The highest BCUT2D eigenvalue weighted by Gasteiger charge is 2.11. The molecule has 1 aromatic heterocycles. The summed E-state index contributed by atoms with van der Waals surface area (Å²) in [6.07, 6.45) is 1.51. The first-order chi connectivity index (χ1) is 8.20. The third-order valence-electron chi connectivity index (χ3n) is 2.19. The number of phenolic OH excluding ortho intramolecular Hbond substituents is 1. The number of aromatic nitrogens is 1. The van der Waals surface area contributed by atoms with Gasteiger partial charge < -0.3 is 14.3 Å². The number of hydrogen-bond donors (Lipinski definition) is 1. The molecule has 0 saturated carbocycles. The summed E-state index contributed by atoms with van der Waals surface area (Å²) in [6.45, 7) is 2.91. The Morgan fingerprint density at radius 3 is 3.06 bits per heavy atom. The average molecular weight is 254 g/mol. The monoisotopic (exact) mass is 253 g/mol. The van der Waals surface area contributed by atoms with Gasteiger partial charge in [-0.05, 0) is 25.1 Å². The first-order valence-electron chi connectivity index (χ1n) is 5.21. The smallest absolute Gasteiger partial charge is 0.230 e. The highest BCUT2D eigenvalue weighted by Crippen LogP contribution is 2.31. The van der Waals surface area contributed by atoms with Crippen molar-refractivity contribution in [3.05, 3.63) is 35.2 Å². The van der Waals surface area contributed by atoms with Crippen LogP contribution in [0.2, 0.25) is 5.02 Å². The van der Waals surface area contributed by atoms with Gasteiger partial charge in [-0.15, -0.1) is 0 Å². The van der Waals surface area contributed by atoms with E-state index in [1.165, 1.54) is 12.3 Å². The van der Waals surface area contributed by atoms with Crippen molar-refractivity contribution in [1.29, 1.82) is 0 Å². The minimum atomic E-state index is 0.0826. The van der Waals surface area contributed by atoms with Crippen molar-refractivity contribution >= 4 is 11.6 Å². The second-order valence-electron chi connectivity index (χ2n) is 3.44. The Morgan fingerprint density at radius 2 is 2.29 bits per heavy atom. The van der Waals surface area contributed by atoms with Crippen LogP contribution in [0.1, 0.15) is 12.6 Å². The van der Waals surface area contributed by atoms with E-state index in [2.05, 4.69) is 4.98 Å². The summed E-state index contributed by atoms with van der Waals surface area (Å²) in [4.78, 5) is 4.21. The predicted octanol–water partition coefficient (Wildman–Crippen LogP) is 3.24. The van der Waals surface area contributed by atoms with Gasteiger partial charge in [-0.1, -0.05) is 11.6 Å². The third-order valence-corrected chi connectivity index (χ3v) is 2.43. The molecule has 4 nitrogen and oxygen atoms in total. The largest absolute Gasteiger partial charge is 0.507 e. The van der Waals surface area contributed by atoms with Gasteiger partial charge in [-0.25, -0.2) is 4.98 Å². The molecule has 0 radical (unpaired) electrons. The van der Waals surface area contributed by atoms with Gasteiger partial charge in [0.1, 0.15) is 17.7 Å². The molecule has 1 aromatic carbocycles. The molecule has 17 heavy (non-hydrogen) atoms. The van der Waals surface area contributed by atoms with E-state index >= 15 is 0 Å². The molecule has 0 unspecified atom stereocenters. The van der Waals surface area contributed by atoms with Crippen LogP contribution >= 0.6 is 11.6 Å². The molecule has 0 bridgehead atoms. The SMILES string of the molecule is CCOCc1coc(-c2cc(Cl)ccc2O)n1. The molecule has 90 valence electrons. The van der Waals surface area contributed by atoms with Crippen LogP contribution in [0.3, 0.4) is 0 Å². The highest BCUT2D eigenvalue weighted by atomic mass is 35.5. The molecular formula is C12H12ClNO3. The van der Waals surface area contributed by atoms with Crippen LogP contribution in [0.15, 0.2) is 28.9 Å². The third kappa shape index (κ3) is 2.78. The van der Waals surface area contributed by atoms with Gasteiger partial charge in [0.05, 0.1) is 12.2 Å². The van der Waals surface area contributed by atoms with Crippen LogP contribution in [0.25, 0.3) is 11.5 Å². The summed E-state index contributed by atoms with van der Waals surface area (Å²) in [5.41, 5.74) is 1.15. The van der Waals surface area contributed by atoms with Crippen molar-refractivity contribution < 1.29 is 14.3 Å². The Labute approximate surface area is 104 Å². The molecule has 0 aliphatic rings. The quantitative estimate of drug-likeness (QED) is 0.909. The van der Waals surface area contributed by atoms with Gasteiger partial charge >= 0.3 is 0 Å². The van der Waals surface area contributed by atoms with E-state index in [4.69, 9.17) is 20.8 Å². The molecule has 0 fully saturated rings. The van der Waals surface area contributed by atoms with Crippen LogP contribution in [-0.4, -0.2) is 16.7 Å². The maximum absolute atomic E-state index is 9.68. The molecule has 2 rings (SSSR count). The fraction of sp³-hybridized carbons (Fsp3) is 0.250. The van der Waals surface area contributed by atoms with Gasteiger partial charge in [0.2, 0.25) is 5.89 Å². The topological polar surface area (TPSA) is 55.5 Å². The molecule has 0 spiro atoms. The number of halogens is 1. The van der Waals surface area contributed by atoms with E-state index < -0.39 is 0 Å². The first-order valence-corrected chi connectivity index (χ1v) is 5.59. The Balaban J connectivity index is 2.27. The summed E-state index contributed by atoms with van der Waals surface area (Å²) in [6, 6.07) is 4.71. The fourth-order valence-electron chi connectivity index (χ4n) is 1.38. The van der Waals surface area contributed by atoms with E-state index in [0.717, 1.165) is 0 Å². The molecule has 0 aliphatic heterocycles. The molecular weight excluding hydrogens is 242 g/mol. The maximum Gasteiger partial charge on any atom is 0.230 e. The van der Waals surface area contributed by atoms with Crippen molar-refractivity contribution in [1.82, 2.24) is 4.98 Å². The summed E-state index contributed by atoms with van der Waals surface area (Å²) >= 11 is 5.85. The zero-order valence-electron chi connectivity index (χ0n) is 9.31. The van der Waals surface area contributed by atoms with E-state index in [0.29, 0.717) is 35.4 Å². The number of hydrogen-bond acceptors (Lipinski definition) is 4. The normalized spacial score (nSPS) is 10.7. The molecule has 5 heteroatoms. The maximum atomic E-state index is 9.68. The molecule has 0 saturated heterocycles. The number of aromatic hydroxyl groups is 1. The van der Waals surface area contributed by atoms with Crippen LogP contribution in [0.5, 0.6) is 5.75 Å². The number of rotatable bonds is 4. The molecule has 2 aromatic rings. The zero-order chi connectivity index (χ0) is 12.3. The fourth-order valence-corrected chi connectivity index (χ4v) is 1.56. The van der Waals surface area contributed by atoms with E-state index in [-0.39, 0.29) is 5.75 Å². The minimum Gasteiger partial charge on any atom is -0.507 e. The second kappa shape index (κ2) is 5.21. The second-order valence-corrected chi connectivity index (χ2v) is 3.88. The Kier molecular flexibility index (Phi) is 3.66. The number of nitrogens with zero attached hydrogens (tertiary/aromatic N) is 1. The van der Waals surface area contributed by atoms with Crippen LogP contribution < -0.4 is 0 Å². The lowest BCUT2D eigenvalue weighted by Crippen LogP contribution is -1.91. The van der Waals surface area contributed by atoms with Gasteiger partial charge in [0.15, 0.2) is 0 Å². The van der Waals surface area contributed by atoms with Crippen molar-refractivity contribution in [3.63, 3.8) is 0 Å². The zero-order valence-corrected chi connectivity index (χ0v) is 10.1. The van der Waals surface area contributed by atoms with Crippen LogP contribution in [-0.2, 0) is 11.3 Å². The van der Waals surface area contributed by atoms with Gasteiger partial charge in [-0.2, -0.15) is 0 Å². The Morgan fingerprint density at radius 1 is 1.47 bits per heavy atom. The molecule has 1 heterocycles. The predicted molar refractivity (Wildman–Crippen MR) is 63.9 cm³/mol. The first kappa shape index (κ1) is 12.0. The van der Waals surface area contributed by atoms with Crippen molar-refractivity contribution in [3.8, 4) is 17.2 Å². The summed E-state index contributed by atoms with van der Waals surface area (Å²) < 4.78 is 10.5.